The van der Waals surface area contributed by atoms with Crippen molar-refractivity contribution in [1.29, 1.82) is 0 Å². The number of aliphatic hydroxyl groups is 3. The normalized spacial score (nSPS) is 24.9. The zero-order valence-corrected chi connectivity index (χ0v) is 22.0. The van der Waals surface area contributed by atoms with Crippen LogP contribution < -0.4 is 0 Å². The van der Waals surface area contributed by atoms with Gasteiger partial charge >= 0.3 is 5.97 Å². The number of aliphatic hydroxyl groups excluding tert-OH is 3. The summed E-state index contributed by atoms with van der Waals surface area (Å²) in [5, 5.41) is 29.9. The third-order valence-corrected chi connectivity index (χ3v) is 6.81. The van der Waals surface area contributed by atoms with Crippen molar-refractivity contribution in [3.8, 4) is 0 Å². The van der Waals surface area contributed by atoms with Gasteiger partial charge in [0.15, 0.2) is 0 Å². The van der Waals surface area contributed by atoms with Crippen molar-refractivity contribution < 1.29 is 43.5 Å². The molecule has 1 heterocycles. The molecule has 0 spiro atoms. The molecule has 1 fully saturated rings. The third-order valence-electron chi connectivity index (χ3n) is 6.81. The number of carbonyl (C=O) groups excluding carboxylic acids is 2. The number of ether oxygens (including phenoxy) is 3. The quantitative estimate of drug-likeness (QED) is 0.108. The van der Waals surface area contributed by atoms with Crippen LogP contribution in [0.3, 0.4) is 0 Å². The van der Waals surface area contributed by atoms with Gasteiger partial charge in [-0.05, 0) is 12.8 Å². The fourth-order valence-corrected chi connectivity index (χ4v) is 4.65. The highest BCUT2D eigenvalue weighted by Crippen LogP contribution is 2.28. The molecular weight excluding hydrogens is 471 g/mol. The molecule has 1 rings (SSSR count). The van der Waals surface area contributed by atoms with Crippen molar-refractivity contribution in [2.24, 2.45) is 0 Å². The highest BCUT2D eigenvalue weighted by atomic mass is 19.1. The van der Waals surface area contributed by atoms with Crippen LogP contribution in [0.1, 0.15) is 116 Å². The summed E-state index contributed by atoms with van der Waals surface area (Å²) in [6.45, 7) is 2.18. The summed E-state index contributed by atoms with van der Waals surface area (Å²) >= 11 is 0. The first-order valence-electron chi connectivity index (χ1n) is 13.9. The van der Waals surface area contributed by atoms with E-state index in [-0.39, 0.29) is 6.42 Å². The molecule has 36 heavy (non-hydrogen) atoms. The average Bonchev–Trinajstić information content (AvgIpc) is 2.85. The lowest BCUT2D eigenvalue weighted by atomic mass is 9.93. The molecule has 0 bridgehead atoms. The van der Waals surface area contributed by atoms with Crippen molar-refractivity contribution >= 4 is 12.4 Å². The minimum atomic E-state index is -1.64. The van der Waals surface area contributed by atoms with Gasteiger partial charge in [-0.2, -0.15) is 0 Å². The van der Waals surface area contributed by atoms with Crippen LogP contribution in [-0.2, 0) is 23.8 Å². The molecule has 0 saturated carbocycles. The second-order valence-corrected chi connectivity index (χ2v) is 9.98. The van der Waals surface area contributed by atoms with Gasteiger partial charge in [0, 0.05) is 6.92 Å². The van der Waals surface area contributed by atoms with Gasteiger partial charge < -0.3 is 29.5 Å². The highest BCUT2D eigenvalue weighted by molar-refractivity contribution is 5.66. The number of hydrogen-bond acceptors (Lipinski definition) is 8. The molecule has 3 unspecified atom stereocenters. The van der Waals surface area contributed by atoms with E-state index >= 15 is 0 Å². The maximum absolute atomic E-state index is 14.6. The van der Waals surface area contributed by atoms with E-state index in [4.69, 9.17) is 9.47 Å². The molecule has 6 atom stereocenters. The number of rotatable bonds is 22. The number of esters is 1. The highest BCUT2D eigenvalue weighted by Gasteiger charge is 2.48. The molecular formula is C27H49FO8. The molecule has 1 aliphatic heterocycles. The fraction of sp³-hybridized carbons (Fsp3) is 0.926. The Kier molecular flexibility index (Phi) is 18.9. The van der Waals surface area contributed by atoms with Gasteiger partial charge in [0.25, 0.3) is 6.47 Å². The predicted molar refractivity (Wildman–Crippen MR) is 134 cm³/mol. The molecule has 9 heteroatoms. The Labute approximate surface area is 215 Å². The first kappa shape index (κ1) is 32.7. The van der Waals surface area contributed by atoms with E-state index in [1.165, 1.54) is 64.2 Å². The standard InChI is InChI=1S/C27H49FO8/c1-21(30)35-27-25(33)23(31)24(32)26(36-27)22(28)18-16-14-12-10-8-6-4-2-3-5-7-9-11-13-15-17-19-34-20-29/h20,22-27,31-33H,2-19H2,1H3/t22-,23-,24-,25?,26?,27?/m0/s1. The zero-order chi connectivity index (χ0) is 26.6. The summed E-state index contributed by atoms with van der Waals surface area (Å²) in [4.78, 5) is 21.2. The molecule has 0 aromatic carbocycles. The second-order valence-electron chi connectivity index (χ2n) is 9.98. The topological polar surface area (TPSA) is 123 Å². The maximum Gasteiger partial charge on any atom is 0.305 e. The van der Waals surface area contributed by atoms with Crippen LogP contribution in [0.2, 0.25) is 0 Å². The van der Waals surface area contributed by atoms with Crippen molar-refractivity contribution in [1.82, 2.24) is 0 Å². The first-order chi connectivity index (χ1) is 17.4. The Hall–Kier alpha value is -1.29. The van der Waals surface area contributed by atoms with Crippen LogP contribution in [-0.4, -0.2) is 71.2 Å². The van der Waals surface area contributed by atoms with Crippen molar-refractivity contribution in [2.45, 2.75) is 153 Å². The van der Waals surface area contributed by atoms with Crippen LogP contribution in [0.25, 0.3) is 0 Å². The molecule has 3 N–H and O–H groups in total. The van der Waals surface area contributed by atoms with Gasteiger partial charge in [-0.15, -0.1) is 0 Å². The van der Waals surface area contributed by atoms with Crippen LogP contribution in [0.15, 0.2) is 0 Å². The molecule has 8 nitrogen and oxygen atoms in total. The number of alkyl halides is 1. The van der Waals surface area contributed by atoms with E-state index in [9.17, 15) is 29.3 Å². The Morgan fingerprint density at radius 3 is 1.67 bits per heavy atom. The number of unbranched alkanes of at least 4 members (excludes halogenated alkanes) is 15. The lowest BCUT2D eigenvalue weighted by molar-refractivity contribution is -0.297. The third kappa shape index (κ3) is 14.4. The second kappa shape index (κ2) is 20.7. The summed E-state index contributed by atoms with van der Waals surface area (Å²) in [6, 6.07) is 0. The smallest absolute Gasteiger partial charge is 0.305 e. The van der Waals surface area contributed by atoms with Crippen molar-refractivity contribution in [3.05, 3.63) is 0 Å². The zero-order valence-electron chi connectivity index (χ0n) is 22.0. The van der Waals surface area contributed by atoms with E-state index in [0.29, 0.717) is 19.5 Å². The largest absolute Gasteiger partial charge is 0.468 e. The number of halogens is 1. The molecule has 1 saturated heterocycles. The van der Waals surface area contributed by atoms with Crippen LogP contribution in [0.4, 0.5) is 4.39 Å². The Morgan fingerprint density at radius 1 is 0.778 bits per heavy atom. The van der Waals surface area contributed by atoms with Gasteiger partial charge in [-0.1, -0.05) is 96.3 Å². The average molecular weight is 521 g/mol. The van der Waals surface area contributed by atoms with Crippen LogP contribution >= 0.6 is 0 Å². The Balaban J connectivity index is 1.95. The lowest BCUT2D eigenvalue weighted by Crippen LogP contribution is -2.60. The lowest BCUT2D eigenvalue weighted by Gasteiger charge is -2.40. The summed E-state index contributed by atoms with van der Waals surface area (Å²) in [5.41, 5.74) is 0. The van der Waals surface area contributed by atoms with Gasteiger partial charge in [0.1, 0.15) is 30.6 Å². The molecule has 0 aromatic heterocycles. The van der Waals surface area contributed by atoms with Gasteiger partial charge in [0.2, 0.25) is 6.29 Å². The molecule has 0 radical (unpaired) electrons. The number of hydrogen-bond donors (Lipinski definition) is 3. The molecule has 0 aliphatic carbocycles. The van der Waals surface area contributed by atoms with E-state index in [2.05, 4.69) is 4.74 Å². The van der Waals surface area contributed by atoms with Gasteiger partial charge in [-0.25, -0.2) is 4.39 Å². The van der Waals surface area contributed by atoms with E-state index in [1.807, 2.05) is 0 Å². The van der Waals surface area contributed by atoms with Crippen molar-refractivity contribution in [2.75, 3.05) is 6.61 Å². The van der Waals surface area contributed by atoms with Crippen LogP contribution in [0, 0.1) is 0 Å². The fourth-order valence-electron chi connectivity index (χ4n) is 4.65. The van der Waals surface area contributed by atoms with E-state index in [0.717, 1.165) is 39.0 Å². The predicted octanol–water partition coefficient (Wildman–Crippen LogP) is 4.50. The molecule has 212 valence electrons. The molecule has 1 aliphatic rings. The van der Waals surface area contributed by atoms with Crippen molar-refractivity contribution in [3.63, 3.8) is 0 Å². The van der Waals surface area contributed by atoms with E-state index < -0.39 is 42.8 Å². The Bertz CT molecular complexity index is 564. The first-order valence-corrected chi connectivity index (χ1v) is 13.9. The minimum Gasteiger partial charge on any atom is -0.468 e. The van der Waals surface area contributed by atoms with Gasteiger partial charge in [-0.3, -0.25) is 9.59 Å². The monoisotopic (exact) mass is 520 g/mol. The van der Waals surface area contributed by atoms with Crippen LogP contribution in [0.5, 0.6) is 0 Å². The molecule has 0 aromatic rings. The SMILES string of the molecule is CC(=O)OC1OC([C@@H](F)CCCCCCCCCCCCCCCCCCOC=O)[C@@H](O)[C@H](O)C1O. The summed E-state index contributed by atoms with van der Waals surface area (Å²) in [5.74, 6) is -0.723. The summed E-state index contributed by atoms with van der Waals surface area (Å²) in [7, 11) is 0. The minimum absolute atomic E-state index is 0.173. The summed E-state index contributed by atoms with van der Waals surface area (Å²) in [6.07, 6.45) is 9.35. The van der Waals surface area contributed by atoms with Gasteiger partial charge in [0.05, 0.1) is 6.61 Å². The number of carbonyl (C=O) groups is 2. The summed E-state index contributed by atoms with van der Waals surface area (Å²) < 4.78 is 29.4. The van der Waals surface area contributed by atoms with E-state index in [1.54, 1.807) is 0 Å². The molecule has 0 amide bonds. The Morgan fingerprint density at radius 2 is 1.22 bits per heavy atom. The maximum atomic E-state index is 14.6.